The van der Waals surface area contributed by atoms with Gasteiger partial charge in [-0.2, -0.15) is 0 Å². The van der Waals surface area contributed by atoms with Crippen LogP contribution in [0.5, 0.6) is 0 Å². The lowest BCUT2D eigenvalue weighted by molar-refractivity contribution is 0.269. The maximum absolute atomic E-state index is 14.6. The van der Waals surface area contributed by atoms with Crippen molar-refractivity contribution in [3.8, 4) is 5.69 Å². The monoisotopic (exact) mass is 408 g/mol. The lowest BCUT2D eigenvalue weighted by Gasteiger charge is -2.31. The van der Waals surface area contributed by atoms with Crippen molar-refractivity contribution in [3.05, 3.63) is 83.2 Å². The van der Waals surface area contributed by atoms with Crippen molar-refractivity contribution >= 4 is 17.3 Å². The molecule has 0 saturated carbocycles. The highest BCUT2D eigenvalue weighted by Crippen LogP contribution is 2.42. The lowest BCUT2D eigenvalue weighted by Crippen LogP contribution is -2.35. The zero-order valence-electron chi connectivity index (χ0n) is 17.1. The molecule has 6 heteroatoms. The Hall–Kier alpha value is -2.73. The second-order valence-corrected chi connectivity index (χ2v) is 8.13. The van der Waals surface area contributed by atoms with E-state index in [9.17, 15) is 4.39 Å². The Kier molecular flexibility index (Phi) is 5.13. The fourth-order valence-corrected chi connectivity index (χ4v) is 4.80. The molecule has 1 aromatic carbocycles. The SMILES string of the molecule is Cc1cc([C@H]2[C@@H](c3ccccn3)NC(=S)N2C(C)C)c(C)n1-c1ccccc1F. The summed E-state index contributed by atoms with van der Waals surface area (Å²) in [6.07, 6.45) is 1.80. The van der Waals surface area contributed by atoms with Gasteiger partial charge in [0.15, 0.2) is 5.11 Å². The molecule has 150 valence electrons. The molecule has 0 spiro atoms. The lowest BCUT2D eigenvalue weighted by atomic mass is 9.96. The molecule has 0 radical (unpaired) electrons. The molecule has 1 N–H and O–H groups in total. The Bertz CT molecular complexity index is 1040. The Morgan fingerprint density at radius 2 is 1.83 bits per heavy atom. The minimum absolute atomic E-state index is 0.0240. The third kappa shape index (κ3) is 3.31. The first-order valence-electron chi connectivity index (χ1n) is 9.83. The van der Waals surface area contributed by atoms with Gasteiger partial charge in [-0.3, -0.25) is 4.98 Å². The fourth-order valence-electron chi connectivity index (χ4n) is 4.34. The standard InChI is InChI=1S/C23H25FN4S/c1-14(2)27-22(21(26-23(27)29)19-10-7-8-12-25-19)17-13-15(3)28(16(17)4)20-11-6-5-9-18(20)24/h5-14,21-22H,1-4H3,(H,26,29)/t21-,22+/m1/s1. The van der Waals surface area contributed by atoms with E-state index in [-0.39, 0.29) is 23.9 Å². The zero-order valence-corrected chi connectivity index (χ0v) is 17.9. The number of nitrogens with zero attached hydrogens (tertiary/aromatic N) is 3. The van der Waals surface area contributed by atoms with Crippen LogP contribution in [-0.4, -0.2) is 25.6 Å². The van der Waals surface area contributed by atoms with Crippen LogP contribution in [0.2, 0.25) is 0 Å². The first-order chi connectivity index (χ1) is 13.9. The molecular formula is C23H25FN4S. The predicted molar refractivity (Wildman–Crippen MR) is 118 cm³/mol. The molecular weight excluding hydrogens is 383 g/mol. The van der Waals surface area contributed by atoms with Crippen LogP contribution in [0.4, 0.5) is 4.39 Å². The van der Waals surface area contributed by atoms with E-state index in [1.807, 2.05) is 48.7 Å². The van der Waals surface area contributed by atoms with Gasteiger partial charge in [-0.1, -0.05) is 18.2 Å². The van der Waals surface area contributed by atoms with E-state index in [1.54, 1.807) is 12.3 Å². The van der Waals surface area contributed by atoms with E-state index < -0.39 is 0 Å². The summed E-state index contributed by atoms with van der Waals surface area (Å²) in [6, 6.07) is 15.1. The van der Waals surface area contributed by atoms with Gasteiger partial charge >= 0.3 is 0 Å². The van der Waals surface area contributed by atoms with E-state index >= 15 is 0 Å². The quantitative estimate of drug-likeness (QED) is 0.615. The first-order valence-corrected chi connectivity index (χ1v) is 10.2. The maximum atomic E-state index is 14.6. The molecule has 1 aliphatic heterocycles. The number of pyridine rings is 1. The van der Waals surface area contributed by atoms with Crippen molar-refractivity contribution in [2.75, 3.05) is 0 Å². The van der Waals surface area contributed by atoms with Crippen LogP contribution in [0, 0.1) is 19.7 Å². The first kappa shape index (κ1) is 19.6. The number of aryl methyl sites for hydroxylation is 1. The van der Waals surface area contributed by atoms with Crippen LogP contribution in [-0.2, 0) is 0 Å². The summed E-state index contributed by atoms with van der Waals surface area (Å²) in [7, 11) is 0. The Balaban J connectivity index is 1.88. The van der Waals surface area contributed by atoms with Crippen molar-refractivity contribution in [1.82, 2.24) is 19.8 Å². The van der Waals surface area contributed by atoms with Gasteiger partial charge in [-0.25, -0.2) is 4.39 Å². The highest BCUT2D eigenvalue weighted by atomic mass is 32.1. The van der Waals surface area contributed by atoms with Gasteiger partial charge in [0.2, 0.25) is 0 Å². The Morgan fingerprint density at radius 3 is 2.48 bits per heavy atom. The van der Waals surface area contributed by atoms with E-state index in [2.05, 4.69) is 35.1 Å². The molecule has 0 aliphatic carbocycles. The van der Waals surface area contributed by atoms with E-state index in [1.165, 1.54) is 6.07 Å². The van der Waals surface area contributed by atoms with Crippen molar-refractivity contribution < 1.29 is 4.39 Å². The Labute approximate surface area is 176 Å². The zero-order chi connectivity index (χ0) is 20.7. The summed E-state index contributed by atoms with van der Waals surface area (Å²) in [5, 5.41) is 4.19. The third-order valence-electron chi connectivity index (χ3n) is 5.57. The molecule has 2 atom stereocenters. The van der Waals surface area contributed by atoms with Crippen molar-refractivity contribution in [3.63, 3.8) is 0 Å². The van der Waals surface area contributed by atoms with Crippen molar-refractivity contribution in [1.29, 1.82) is 0 Å². The number of benzene rings is 1. The van der Waals surface area contributed by atoms with Gasteiger partial charge in [-0.15, -0.1) is 0 Å². The molecule has 0 amide bonds. The van der Waals surface area contributed by atoms with E-state index in [0.717, 1.165) is 27.8 Å². The number of nitrogens with one attached hydrogen (secondary N) is 1. The second-order valence-electron chi connectivity index (χ2n) is 7.74. The second kappa shape index (κ2) is 7.59. The minimum Gasteiger partial charge on any atom is -0.352 e. The number of hydrogen-bond acceptors (Lipinski definition) is 2. The molecule has 4 nitrogen and oxygen atoms in total. The summed E-state index contributed by atoms with van der Waals surface area (Å²) in [5.41, 5.74) is 4.63. The van der Waals surface area contributed by atoms with Crippen LogP contribution in [0.25, 0.3) is 5.69 Å². The smallest absolute Gasteiger partial charge is 0.170 e. The summed E-state index contributed by atoms with van der Waals surface area (Å²) >= 11 is 5.69. The maximum Gasteiger partial charge on any atom is 0.170 e. The number of rotatable bonds is 4. The molecule has 1 fully saturated rings. The van der Waals surface area contributed by atoms with Gasteiger partial charge in [-0.05, 0) is 75.8 Å². The highest BCUT2D eigenvalue weighted by molar-refractivity contribution is 7.80. The number of thiocarbonyl (C=S) groups is 1. The van der Waals surface area contributed by atoms with Crippen LogP contribution in [0.3, 0.4) is 0 Å². The van der Waals surface area contributed by atoms with Gasteiger partial charge in [0, 0.05) is 23.6 Å². The van der Waals surface area contributed by atoms with Gasteiger partial charge in [0.1, 0.15) is 5.82 Å². The number of halogens is 1. The van der Waals surface area contributed by atoms with E-state index in [4.69, 9.17) is 12.2 Å². The van der Waals surface area contributed by atoms with Crippen molar-refractivity contribution in [2.24, 2.45) is 0 Å². The van der Waals surface area contributed by atoms with Crippen LogP contribution in [0.15, 0.2) is 54.7 Å². The number of hydrogen-bond donors (Lipinski definition) is 1. The molecule has 3 heterocycles. The predicted octanol–water partition coefficient (Wildman–Crippen LogP) is 5.01. The molecule has 4 rings (SSSR count). The van der Waals surface area contributed by atoms with Gasteiger partial charge < -0.3 is 14.8 Å². The average Bonchev–Trinajstić information content (AvgIpc) is 3.19. The van der Waals surface area contributed by atoms with E-state index in [0.29, 0.717) is 5.69 Å². The highest BCUT2D eigenvalue weighted by Gasteiger charge is 2.42. The molecule has 1 saturated heterocycles. The van der Waals surface area contributed by atoms with Crippen LogP contribution in [0.1, 0.15) is 48.6 Å². The minimum atomic E-state index is -0.233. The summed E-state index contributed by atoms with van der Waals surface area (Å²) in [5.74, 6) is -0.233. The normalized spacial score (nSPS) is 19.1. The molecule has 0 unspecified atom stereocenters. The molecule has 1 aliphatic rings. The summed E-state index contributed by atoms with van der Waals surface area (Å²) < 4.78 is 16.5. The average molecular weight is 409 g/mol. The van der Waals surface area contributed by atoms with Gasteiger partial charge in [0.05, 0.1) is 23.5 Å². The van der Waals surface area contributed by atoms with Crippen molar-refractivity contribution in [2.45, 2.75) is 45.8 Å². The molecule has 2 aromatic heterocycles. The largest absolute Gasteiger partial charge is 0.352 e. The Morgan fingerprint density at radius 1 is 1.10 bits per heavy atom. The molecule has 3 aromatic rings. The molecule has 29 heavy (non-hydrogen) atoms. The number of aromatic nitrogens is 2. The van der Waals surface area contributed by atoms with Crippen LogP contribution < -0.4 is 5.32 Å². The molecule has 0 bridgehead atoms. The van der Waals surface area contributed by atoms with Crippen LogP contribution >= 0.6 is 12.2 Å². The summed E-state index contributed by atoms with van der Waals surface area (Å²) in [4.78, 5) is 6.80. The topological polar surface area (TPSA) is 33.1 Å². The third-order valence-corrected chi connectivity index (χ3v) is 5.90. The van der Waals surface area contributed by atoms with Gasteiger partial charge in [0.25, 0.3) is 0 Å². The summed E-state index contributed by atoms with van der Waals surface area (Å²) in [6.45, 7) is 8.33. The number of para-hydroxylation sites is 1. The fraction of sp³-hybridized carbons (Fsp3) is 0.304.